The highest BCUT2D eigenvalue weighted by Crippen LogP contribution is 2.35. The van der Waals surface area contributed by atoms with Crippen molar-refractivity contribution in [2.75, 3.05) is 13.1 Å². The van der Waals surface area contributed by atoms with Gasteiger partial charge in [0.05, 0.1) is 0 Å². The van der Waals surface area contributed by atoms with Gasteiger partial charge in [-0.25, -0.2) is 0 Å². The fourth-order valence-electron chi connectivity index (χ4n) is 3.53. The summed E-state index contributed by atoms with van der Waals surface area (Å²) >= 11 is 0. The fraction of sp³-hybridized carbons (Fsp3) is 0.350. The number of carbonyl (C=O) groups is 1. The van der Waals surface area contributed by atoms with E-state index in [9.17, 15) is 9.90 Å². The molecule has 0 bridgehead atoms. The highest BCUT2D eigenvalue weighted by molar-refractivity contribution is 5.82. The first-order chi connectivity index (χ1) is 11.1. The lowest BCUT2D eigenvalue weighted by atomic mass is 9.74. The highest BCUT2D eigenvalue weighted by atomic mass is 16.4. The molecule has 2 aromatic rings. The van der Waals surface area contributed by atoms with Gasteiger partial charge in [0.2, 0.25) is 0 Å². The van der Waals surface area contributed by atoms with Gasteiger partial charge in [-0.05, 0) is 37.4 Å². The molecule has 0 amide bonds. The van der Waals surface area contributed by atoms with Crippen LogP contribution in [0.1, 0.15) is 29.5 Å². The number of hydrogen-bond donors (Lipinski definition) is 1. The molecule has 120 valence electrons. The molecule has 0 aliphatic carbocycles. The van der Waals surface area contributed by atoms with Gasteiger partial charge >= 0.3 is 5.97 Å². The second kappa shape index (κ2) is 6.55. The number of rotatable bonds is 4. The second-order valence-electron chi connectivity index (χ2n) is 6.55. The van der Waals surface area contributed by atoms with Crippen LogP contribution in [0, 0.1) is 6.92 Å². The topological polar surface area (TPSA) is 40.5 Å². The Hall–Kier alpha value is -2.13. The van der Waals surface area contributed by atoms with Crippen molar-refractivity contribution in [1.82, 2.24) is 4.90 Å². The van der Waals surface area contributed by atoms with E-state index in [0.29, 0.717) is 13.0 Å². The standard InChI is InChI=1S/C20H23NO2/c1-16-8-10-18(11-9-16)20(19(22)23)12-5-13-21(15-20)14-17-6-3-2-4-7-17/h2-4,6-11H,5,12-15H2,1H3,(H,22,23)/t20-/m1/s1. The first-order valence-electron chi connectivity index (χ1n) is 8.17. The second-order valence-corrected chi connectivity index (χ2v) is 6.55. The van der Waals surface area contributed by atoms with Crippen LogP contribution in [0.2, 0.25) is 0 Å². The van der Waals surface area contributed by atoms with Crippen molar-refractivity contribution < 1.29 is 9.90 Å². The minimum atomic E-state index is -0.791. The molecule has 0 saturated carbocycles. The van der Waals surface area contributed by atoms with E-state index in [2.05, 4.69) is 17.0 Å². The molecule has 0 radical (unpaired) electrons. The van der Waals surface area contributed by atoms with Gasteiger partial charge in [-0.2, -0.15) is 0 Å². The number of carboxylic acid groups (broad SMARTS) is 1. The van der Waals surface area contributed by atoms with Crippen molar-refractivity contribution in [3.8, 4) is 0 Å². The van der Waals surface area contributed by atoms with Crippen LogP contribution in [-0.4, -0.2) is 29.1 Å². The number of aliphatic carboxylic acids is 1. The molecular weight excluding hydrogens is 286 g/mol. The normalized spacial score (nSPS) is 22.0. The maximum atomic E-state index is 12.1. The van der Waals surface area contributed by atoms with E-state index in [1.54, 1.807) is 0 Å². The Balaban J connectivity index is 1.85. The van der Waals surface area contributed by atoms with Gasteiger partial charge in [-0.15, -0.1) is 0 Å². The third-order valence-corrected chi connectivity index (χ3v) is 4.83. The van der Waals surface area contributed by atoms with Crippen LogP contribution in [0.3, 0.4) is 0 Å². The summed E-state index contributed by atoms with van der Waals surface area (Å²) < 4.78 is 0. The smallest absolute Gasteiger partial charge is 0.315 e. The number of aryl methyl sites for hydroxylation is 1. The summed E-state index contributed by atoms with van der Waals surface area (Å²) in [5.74, 6) is -0.709. The Morgan fingerprint density at radius 3 is 2.48 bits per heavy atom. The maximum absolute atomic E-state index is 12.1. The van der Waals surface area contributed by atoms with Gasteiger partial charge in [-0.1, -0.05) is 60.2 Å². The van der Waals surface area contributed by atoms with Crippen LogP contribution in [0.25, 0.3) is 0 Å². The average molecular weight is 309 g/mol. The maximum Gasteiger partial charge on any atom is 0.315 e. The van der Waals surface area contributed by atoms with Crippen molar-refractivity contribution in [3.05, 3.63) is 71.3 Å². The van der Waals surface area contributed by atoms with E-state index >= 15 is 0 Å². The third-order valence-electron chi connectivity index (χ3n) is 4.83. The first-order valence-corrected chi connectivity index (χ1v) is 8.17. The van der Waals surface area contributed by atoms with Gasteiger partial charge in [0.1, 0.15) is 5.41 Å². The molecule has 2 aromatic carbocycles. The highest BCUT2D eigenvalue weighted by Gasteiger charge is 2.43. The Labute approximate surface area is 137 Å². The van der Waals surface area contributed by atoms with Crippen LogP contribution < -0.4 is 0 Å². The van der Waals surface area contributed by atoms with Gasteiger partial charge in [0.15, 0.2) is 0 Å². The first kappa shape index (κ1) is 15.8. The van der Waals surface area contributed by atoms with Crippen LogP contribution in [0.4, 0.5) is 0 Å². The third kappa shape index (κ3) is 3.30. The number of likely N-dealkylation sites (tertiary alicyclic amines) is 1. The van der Waals surface area contributed by atoms with Gasteiger partial charge < -0.3 is 5.11 Å². The van der Waals surface area contributed by atoms with E-state index in [0.717, 1.165) is 30.6 Å². The fourth-order valence-corrected chi connectivity index (χ4v) is 3.53. The quantitative estimate of drug-likeness (QED) is 0.938. The Morgan fingerprint density at radius 1 is 1.13 bits per heavy atom. The van der Waals surface area contributed by atoms with Crippen LogP contribution in [-0.2, 0) is 16.8 Å². The van der Waals surface area contributed by atoms with Crippen LogP contribution >= 0.6 is 0 Å². The summed E-state index contributed by atoms with van der Waals surface area (Å²) in [5, 5.41) is 9.97. The lowest BCUT2D eigenvalue weighted by molar-refractivity contribution is -0.146. The van der Waals surface area contributed by atoms with Crippen molar-refractivity contribution in [1.29, 1.82) is 0 Å². The largest absolute Gasteiger partial charge is 0.481 e. The van der Waals surface area contributed by atoms with E-state index in [4.69, 9.17) is 0 Å². The van der Waals surface area contributed by atoms with E-state index in [-0.39, 0.29) is 0 Å². The van der Waals surface area contributed by atoms with E-state index in [1.807, 2.05) is 49.4 Å². The van der Waals surface area contributed by atoms with Gasteiger partial charge in [0, 0.05) is 13.1 Å². The zero-order valence-electron chi connectivity index (χ0n) is 13.5. The van der Waals surface area contributed by atoms with Gasteiger partial charge in [0.25, 0.3) is 0 Å². The zero-order chi connectivity index (χ0) is 16.3. The van der Waals surface area contributed by atoms with E-state index < -0.39 is 11.4 Å². The number of benzene rings is 2. The predicted molar refractivity (Wildman–Crippen MR) is 91.4 cm³/mol. The Morgan fingerprint density at radius 2 is 1.83 bits per heavy atom. The molecule has 1 fully saturated rings. The molecule has 3 nitrogen and oxygen atoms in total. The number of carboxylic acids is 1. The lowest BCUT2D eigenvalue weighted by Crippen LogP contribution is -2.50. The number of hydrogen-bond acceptors (Lipinski definition) is 2. The average Bonchev–Trinajstić information content (AvgIpc) is 2.56. The molecular formula is C20H23NO2. The van der Waals surface area contributed by atoms with Crippen LogP contribution in [0.15, 0.2) is 54.6 Å². The lowest BCUT2D eigenvalue weighted by Gasteiger charge is -2.40. The molecule has 1 saturated heterocycles. The molecule has 1 aliphatic rings. The summed E-state index contributed by atoms with van der Waals surface area (Å²) in [6, 6.07) is 18.3. The summed E-state index contributed by atoms with van der Waals surface area (Å²) in [7, 11) is 0. The molecule has 0 aromatic heterocycles. The summed E-state index contributed by atoms with van der Waals surface area (Å²) in [5.41, 5.74) is 2.53. The SMILES string of the molecule is Cc1ccc([C@@]2(C(=O)O)CCCN(Cc3ccccc3)C2)cc1. The Bertz CT molecular complexity index is 666. The summed E-state index contributed by atoms with van der Waals surface area (Å²) in [6.07, 6.45) is 1.61. The van der Waals surface area contributed by atoms with E-state index in [1.165, 1.54) is 5.56 Å². The van der Waals surface area contributed by atoms with Crippen LogP contribution in [0.5, 0.6) is 0 Å². The number of piperidine rings is 1. The van der Waals surface area contributed by atoms with Crippen molar-refractivity contribution in [2.24, 2.45) is 0 Å². The zero-order valence-corrected chi connectivity index (χ0v) is 13.5. The molecule has 3 heteroatoms. The minimum absolute atomic E-state index is 0.570. The monoisotopic (exact) mass is 309 g/mol. The predicted octanol–water partition coefficient (Wildman–Crippen LogP) is 3.61. The Kier molecular flexibility index (Phi) is 4.49. The van der Waals surface area contributed by atoms with Crippen molar-refractivity contribution >= 4 is 5.97 Å². The molecule has 23 heavy (non-hydrogen) atoms. The summed E-state index contributed by atoms with van der Waals surface area (Å²) in [4.78, 5) is 14.4. The van der Waals surface area contributed by atoms with Gasteiger partial charge in [-0.3, -0.25) is 9.69 Å². The van der Waals surface area contributed by atoms with Crippen molar-refractivity contribution in [3.63, 3.8) is 0 Å². The number of nitrogens with zero attached hydrogens (tertiary/aromatic N) is 1. The molecule has 0 spiro atoms. The molecule has 1 atom stereocenters. The summed E-state index contributed by atoms with van der Waals surface area (Å²) in [6.45, 7) is 4.36. The molecule has 1 heterocycles. The molecule has 1 aliphatic heterocycles. The molecule has 3 rings (SSSR count). The molecule has 0 unspecified atom stereocenters. The minimum Gasteiger partial charge on any atom is -0.481 e. The van der Waals surface area contributed by atoms with Crippen molar-refractivity contribution in [2.45, 2.75) is 31.7 Å². The molecule has 1 N–H and O–H groups in total.